The molecule has 5 nitrogen and oxygen atoms in total. The van der Waals surface area contributed by atoms with E-state index in [9.17, 15) is 9.90 Å². The Morgan fingerprint density at radius 3 is 2.66 bits per heavy atom. The normalized spacial score (nSPS) is 15.2. The monoisotopic (exact) mass is 386 g/mol. The zero-order valence-electron chi connectivity index (χ0n) is 16.4. The second-order valence-electron chi connectivity index (χ2n) is 7.40. The summed E-state index contributed by atoms with van der Waals surface area (Å²) in [4.78, 5) is 18.1. The lowest BCUT2D eigenvalue weighted by molar-refractivity contribution is -0.907. The molecule has 1 atom stereocenters. The van der Waals surface area contributed by atoms with Crippen LogP contribution >= 0.6 is 0 Å². The molecule has 0 aliphatic carbocycles. The summed E-state index contributed by atoms with van der Waals surface area (Å²) in [7, 11) is 2.03. The number of rotatable bonds is 5. The van der Waals surface area contributed by atoms with Gasteiger partial charge in [-0.15, -0.1) is 0 Å². The third kappa shape index (κ3) is 3.91. The first-order valence-electron chi connectivity index (χ1n) is 9.56. The molecule has 2 heterocycles. The van der Waals surface area contributed by atoms with E-state index in [1.807, 2.05) is 31.3 Å². The Morgan fingerprint density at radius 2 is 1.93 bits per heavy atom. The van der Waals surface area contributed by atoms with Gasteiger partial charge < -0.3 is 14.7 Å². The van der Waals surface area contributed by atoms with E-state index in [0.29, 0.717) is 29.0 Å². The van der Waals surface area contributed by atoms with E-state index in [4.69, 9.17) is 4.74 Å². The van der Waals surface area contributed by atoms with Gasteiger partial charge in [0.05, 0.1) is 12.6 Å². The van der Waals surface area contributed by atoms with Gasteiger partial charge in [0.1, 0.15) is 18.8 Å². The predicted molar refractivity (Wildman–Crippen MR) is 109 cm³/mol. The summed E-state index contributed by atoms with van der Waals surface area (Å²) in [5.74, 6) is 0.346. The van der Waals surface area contributed by atoms with E-state index in [1.54, 1.807) is 31.5 Å². The predicted octanol–water partition coefficient (Wildman–Crippen LogP) is 2.29. The third-order valence-electron chi connectivity index (χ3n) is 5.01. The van der Waals surface area contributed by atoms with Crippen LogP contribution in [-0.4, -0.2) is 17.8 Å². The molecule has 4 rings (SSSR count). The summed E-state index contributed by atoms with van der Waals surface area (Å²) < 4.78 is 5.94. The van der Waals surface area contributed by atoms with Gasteiger partial charge in [-0.2, -0.15) is 0 Å². The number of ketones is 1. The van der Waals surface area contributed by atoms with E-state index in [1.165, 1.54) is 11.6 Å². The number of Topliss-reactive ketones (excluding diaryl/α,β-unsaturated/α-hetero) is 1. The number of pyridine rings is 1. The van der Waals surface area contributed by atoms with Crippen LogP contribution in [0.2, 0.25) is 0 Å². The molecule has 1 N–H and O–H groups in total. The molecule has 146 valence electrons. The molecule has 0 bridgehead atoms. The molecule has 0 saturated carbocycles. The molecular formula is C24H22N2O3. The van der Waals surface area contributed by atoms with Crippen molar-refractivity contribution in [1.29, 1.82) is 0 Å². The van der Waals surface area contributed by atoms with Gasteiger partial charge in [0.15, 0.2) is 5.76 Å². The van der Waals surface area contributed by atoms with Gasteiger partial charge in [-0.1, -0.05) is 48.2 Å². The second kappa shape index (κ2) is 7.89. The van der Waals surface area contributed by atoms with Crippen molar-refractivity contribution in [3.8, 4) is 11.5 Å². The van der Waals surface area contributed by atoms with Crippen LogP contribution in [-0.2, 0) is 13.1 Å². The molecule has 0 saturated heterocycles. The Balaban J connectivity index is 1.65. The Morgan fingerprint density at radius 1 is 1.14 bits per heavy atom. The molecule has 0 fully saturated rings. The van der Waals surface area contributed by atoms with Crippen molar-refractivity contribution in [1.82, 2.24) is 4.98 Å². The number of allylic oxidation sites excluding steroid dienone is 1. The molecule has 29 heavy (non-hydrogen) atoms. The van der Waals surface area contributed by atoms with Crippen LogP contribution in [0, 0.1) is 6.92 Å². The molecule has 0 radical (unpaired) electrons. The zero-order valence-corrected chi connectivity index (χ0v) is 16.4. The van der Waals surface area contributed by atoms with Gasteiger partial charge in [0.2, 0.25) is 5.78 Å². The minimum absolute atomic E-state index is 0.0934. The van der Waals surface area contributed by atoms with E-state index >= 15 is 0 Å². The van der Waals surface area contributed by atoms with E-state index in [-0.39, 0.29) is 17.3 Å². The largest absolute Gasteiger partial charge is 0.872 e. The molecule has 3 aromatic rings. The van der Waals surface area contributed by atoms with Crippen LogP contribution in [0.3, 0.4) is 0 Å². The standard InChI is InChI=1S/C24H22N2O3/c1-16-11-20(27)19(15-26(2)14-17-7-4-3-5-8-17)24-22(16)23(28)21(29-24)12-18-9-6-10-25-13-18/h3-13,27H,14-15H2,1-2H3. The van der Waals surface area contributed by atoms with Crippen LogP contribution < -0.4 is 14.7 Å². The number of hydrogen-bond acceptors (Lipinski definition) is 4. The summed E-state index contributed by atoms with van der Waals surface area (Å²) >= 11 is 0. The lowest BCUT2D eigenvalue weighted by Crippen LogP contribution is -3.06. The number of carbonyl (C=O) groups is 1. The van der Waals surface area contributed by atoms with Crippen molar-refractivity contribution in [2.45, 2.75) is 20.0 Å². The van der Waals surface area contributed by atoms with E-state index in [2.05, 4.69) is 17.1 Å². The highest BCUT2D eigenvalue weighted by Crippen LogP contribution is 2.40. The maximum Gasteiger partial charge on any atom is 0.232 e. The number of carbonyl (C=O) groups excluding carboxylic acids is 1. The van der Waals surface area contributed by atoms with Crippen molar-refractivity contribution in [2.75, 3.05) is 7.05 Å². The fraction of sp³-hybridized carbons (Fsp3) is 0.167. The lowest BCUT2D eigenvalue weighted by Gasteiger charge is -2.21. The highest BCUT2D eigenvalue weighted by atomic mass is 16.5. The summed E-state index contributed by atoms with van der Waals surface area (Å²) in [6, 6.07) is 15.3. The smallest absolute Gasteiger partial charge is 0.232 e. The van der Waals surface area contributed by atoms with E-state index < -0.39 is 0 Å². The van der Waals surface area contributed by atoms with Crippen LogP contribution in [0.4, 0.5) is 0 Å². The number of fused-ring (bicyclic) bond motifs is 1. The van der Waals surface area contributed by atoms with Gasteiger partial charge >= 0.3 is 0 Å². The number of ether oxygens (including phenoxy) is 1. The van der Waals surface area contributed by atoms with Gasteiger partial charge in [0.25, 0.3) is 0 Å². The topological polar surface area (TPSA) is 66.7 Å². The van der Waals surface area contributed by atoms with Crippen LogP contribution in [0.5, 0.6) is 11.5 Å². The number of quaternary nitrogens is 1. The van der Waals surface area contributed by atoms with Crippen LogP contribution in [0.1, 0.15) is 32.6 Å². The highest BCUT2D eigenvalue weighted by molar-refractivity contribution is 6.15. The number of nitrogens with zero attached hydrogens (tertiary/aromatic N) is 1. The lowest BCUT2D eigenvalue weighted by atomic mass is 9.99. The number of aryl methyl sites for hydroxylation is 1. The quantitative estimate of drug-likeness (QED) is 0.684. The van der Waals surface area contributed by atoms with Crippen molar-refractivity contribution < 1.29 is 19.5 Å². The van der Waals surface area contributed by atoms with Crippen LogP contribution in [0.25, 0.3) is 6.08 Å². The SMILES string of the molecule is Cc1cc([O-])c(C[NH+](C)Cc2ccccc2)c2c1C(=O)C(=Cc1cccnc1)O2. The summed E-state index contributed by atoms with van der Waals surface area (Å²) in [6.45, 7) is 3.03. The Bertz CT molecular complexity index is 1080. The Labute approximate surface area is 169 Å². The minimum Gasteiger partial charge on any atom is -0.872 e. The van der Waals surface area contributed by atoms with Crippen molar-refractivity contribution >= 4 is 11.9 Å². The summed E-state index contributed by atoms with van der Waals surface area (Å²) in [5, 5.41) is 12.7. The van der Waals surface area contributed by atoms with E-state index in [0.717, 1.165) is 17.0 Å². The zero-order chi connectivity index (χ0) is 20.4. The summed E-state index contributed by atoms with van der Waals surface area (Å²) in [6.07, 6.45) is 5.01. The fourth-order valence-electron chi connectivity index (χ4n) is 3.66. The molecule has 2 aromatic carbocycles. The number of aromatic nitrogens is 1. The number of benzene rings is 2. The van der Waals surface area contributed by atoms with Gasteiger partial charge in [-0.3, -0.25) is 9.78 Å². The maximum absolute atomic E-state index is 12.9. The second-order valence-corrected chi connectivity index (χ2v) is 7.40. The first-order valence-corrected chi connectivity index (χ1v) is 9.56. The number of hydrogen-bond donors (Lipinski definition) is 1. The molecular weight excluding hydrogens is 364 g/mol. The first kappa shape index (κ1) is 18.9. The van der Waals surface area contributed by atoms with Crippen molar-refractivity contribution in [3.63, 3.8) is 0 Å². The molecule has 0 amide bonds. The molecule has 1 aliphatic heterocycles. The molecule has 5 heteroatoms. The van der Waals surface area contributed by atoms with Gasteiger partial charge in [-0.05, 0) is 30.2 Å². The minimum atomic E-state index is -0.191. The molecule has 0 spiro atoms. The Kier molecular flexibility index (Phi) is 5.14. The first-order chi connectivity index (χ1) is 14.0. The molecule has 1 unspecified atom stereocenters. The van der Waals surface area contributed by atoms with Gasteiger partial charge in [0, 0.05) is 23.5 Å². The average Bonchev–Trinajstić information content (AvgIpc) is 3.03. The third-order valence-corrected chi connectivity index (χ3v) is 5.01. The highest BCUT2D eigenvalue weighted by Gasteiger charge is 2.32. The summed E-state index contributed by atoms with van der Waals surface area (Å²) in [5.41, 5.74) is 3.64. The van der Waals surface area contributed by atoms with Crippen molar-refractivity contribution in [2.24, 2.45) is 0 Å². The van der Waals surface area contributed by atoms with Crippen molar-refractivity contribution in [3.05, 3.63) is 94.5 Å². The average molecular weight is 386 g/mol. The van der Waals surface area contributed by atoms with Gasteiger partial charge in [-0.25, -0.2) is 0 Å². The fourth-order valence-corrected chi connectivity index (χ4v) is 3.66. The Hall–Kier alpha value is -3.44. The maximum atomic E-state index is 12.9. The molecule has 1 aromatic heterocycles. The molecule has 1 aliphatic rings. The van der Waals surface area contributed by atoms with Crippen LogP contribution in [0.15, 0.2) is 66.7 Å². The number of nitrogens with one attached hydrogen (secondary N) is 1.